The first-order chi connectivity index (χ1) is 6.54. The van der Waals surface area contributed by atoms with Gasteiger partial charge in [0, 0.05) is 11.7 Å². The minimum absolute atomic E-state index is 0.551. The topological polar surface area (TPSA) is 34.1 Å². The van der Waals surface area contributed by atoms with Gasteiger partial charge in [0.05, 0.1) is 0 Å². The van der Waals surface area contributed by atoms with Gasteiger partial charge in [-0.05, 0) is 25.3 Å². The molecular formula is C11H15O2P. The Morgan fingerprint density at radius 1 is 1.21 bits per heavy atom. The molecule has 0 unspecified atom stereocenters. The number of aldehydes is 1. The van der Waals surface area contributed by atoms with E-state index in [0.717, 1.165) is 23.6 Å². The lowest BCUT2D eigenvalue weighted by atomic mass is 10.1. The van der Waals surface area contributed by atoms with E-state index in [1.54, 1.807) is 13.3 Å². The number of rotatable bonds is 4. The van der Waals surface area contributed by atoms with Crippen molar-refractivity contribution in [2.24, 2.45) is 0 Å². The Bertz CT molecular complexity index is 348. The molecule has 0 aliphatic rings. The molecule has 0 radical (unpaired) electrons. The van der Waals surface area contributed by atoms with Crippen LogP contribution in [0.4, 0.5) is 0 Å². The molecule has 1 aromatic rings. The van der Waals surface area contributed by atoms with Crippen molar-refractivity contribution in [2.45, 2.75) is 12.8 Å². The van der Waals surface area contributed by atoms with Crippen molar-refractivity contribution in [1.29, 1.82) is 0 Å². The zero-order valence-corrected chi connectivity index (χ0v) is 9.46. The maximum absolute atomic E-state index is 11.7. The van der Waals surface area contributed by atoms with Crippen molar-refractivity contribution in [1.82, 2.24) is 0 Å². The van der Waals surface area contributed by atoms with Crippen LogP contribution >= 0.6 is 7.14 Å². The third-order valence-electron chi connectivity index (χ3n) is 2.11. The van der Waals surface area contributed by atoms with Gasteiger partial charge in [-0.25, -0.2) is 0 Å². The van der Waals surface area contributed by atoms with Gasteiger partial charge in [0.15, 0.2) is 0 Å². The van der Waals surface area contributed by atoms with E-state index in [0.29, 0.717) is 6.42 Å². The summed E-state index contributed by atoms with van der Waals surface area (Å²) in [5.74, 6) is 0. The van der Waals surface area contributed by atoms with E-state index in [1.165, 1.54) is 0 Å². The fourth-order valence-corrected chi connectivity index (χ4v) is 2.11. The second-order valence-corrected chi connectivity index (χ2v) is 6.94. The SMILES string of the molecule is CP(C)(=O)c1ccc(CCC=O)cc1. The van der Waals surface area contributed by atoms with Crippen molar-refractivity contribution in [3.8, 4) is 0 Å². The second kappa shape index (κ2) is 4.56. The minimum Gasteiger partial charge on any atom is -0.319 e. The Kier molecular flexibility index (Phi) is 3.65. The van der Waals surface area contributed by atoms with Gasteiger partial charge in [0.1, 0.15) is 13.4 Å². The molecule has 3 heteroatoms. The molecule has 0 aliphatic heterocycles. The summed E-state index contributed by atoms with van der Waals surface area (Å²) < 4.78 is 11.7. The largest absolute Gasteiger partial charge is 0.319 e. The molecule has 0 bridgehead atoms. The molecule has 0 fully saturated rings. The lowest BCUT2D eigenvalue weighted by Gasteiger charge is -2.07. The average Bonchev–Trinajstić information content (AvgIpc) is 2.14. The summed E-state index contributed by atoms with van der Waals surface area (Å²) >= 11 is 0. The van der Waals surface area contributed by atoms with Crippen LogP contribution < -0.4 is 5.30 Å². The standard InChI is InChI=1S/C11H15O2P/c1-14(2,13)11-7-5-10(6-8-11)4-3-9-12/h5-9H,3-4H2,1-2H3. The average molecular weight is 210 g/mol. The molecular weight excluding hydrogens is 195 g/mol. The molecule has 0 heterocycles. The third kappa shape index (κ3) is 3.12. The van der Waals surface area contributed by atoms with Crippen molar-refractivity contribution in [3.05, 3.63) is 29.8 Å². The molecule has 0 N–H and O–H groups in total. The van der Waals surface area contributed by atoms with E-state index in [1.807, 2.05) is 24.3 Å². The van der Waals surface area contributed by atoms with Gasteiger partial charge >= 0.3 is 0 Å². The summed E-state index contributed by atoms with van der Waals surface area (Å²) in [7, 11) is -2.13. The molecule has 0 amide bonds. The van der Waals surface area contributed by atoms with Gasteiger partial charge in [-0.3, -0.25) is 0 Å². The third-order valence-corrected chi connectivity index (χ3v) is 3.65. The molecule has 76 valence electrons. The van der Waals surface area contributed by atoms with Gasteiger partial charge in [-0.1, -0.05) is 24.3 Å². The molecule has 1 rings (SSSR count). The van der Waals surface area contributed by atoms with E-state index >= 15 is 0 Å². The van der Waals surface area contributed by atoms with E-state index in [-0.39, 0.29) is 0 Å². The molecule has 2 nitrogen and oxygen atoms in total. The van der Waals surface area contributed by atoms with Crippen LogP contribution in [-0.4, -0.2) is 19.6 Å². The van der Waals surface area contributed by atoms with Crippen LogP contribution in [0.1, 0.15) is 12.0 Å². The first kappa shape index (κ1) is 11.2. The maximum Gasteiger partial charge on any atom is 0.120 e. The number of hydrogen-bond donors (Lipinski definition) is 0. The molecule has 14 heavy (non-hydrogen) atoms. The molecule has 0 saturated carbocycles. The molecule has 0 aromatic heterocycles. The van der Waals surface area contributed by atoms with E-state index in [9.17, 15) is 9.36 Å². The normalized spacial score (nSPS) is 11.3. The Hall–Kier alpha value is -0.880. The Morgan fingerprint density at radius 2 is 1.79 bits per heavy atom. The van der Waals surface area contributed by atoms with Crippen LogP contribution in [0.5, 0.6) is 0 Å². The Balaban J connectivity index is 2.79. The van der Waals surface area contributed by atoms with E-state index in [4.69, 9.17) is 0 Å². The molecule has 0 atom stereocenters. The maximum atomic E-state index is 11.7. The fraction of sp³-hybridized carbons (Fsp3) is 0.364. The summed E-state index contributed by atoms with van der Waals surface area (Å²) in [4.78, 5) is 10.2. The first-order valence-electron chi connectivity index (χ1n) is 4.62. The Morgan fingerprint density at radius 3 is 2.21 bits per heavy atom. The second-order valence-electron chi connectivity index (χ2n) is 3.72. The number of carbonyl (C=O) groups is 1. The monoisotopic (exact) mass is 210 g/mol. The first-order valence-corrected chi connectivity index (χ1v) is 7.22. The van der Waals surface area contributed by atoms with Crippen molar-refractivity contribution >= 4 is 18.7 Å². The quantitative estimate of drug-likeness (QED) is 0.563. The van der Waals surface area contributed by atoms with Crippen LogP contribution in [-0.2, 0) is 15.8 Å². The zero-order valence-electron chi connectivity index (χ0n) is 8.56. The van der Waals surface area contributed by atoms with Crippen LogP contribution in [0.3, 0.4) is 0 Å². The summed E-state index contributed by atoms with van der Waals surface area (Å²) in [5.41, 5.74) is 1.12. The summed E-state index contributed by atoms with van der Waals surface area (Å²) in [6, 6.07) is 7.67. The van der Waals surface area contributed by atoms with Crippen molar-refractivity contribution in [2.75, 3.05) is 13.3 Å². The minimum atomic E-state index is -2.13. The lowest BCUT2D eigenvalue weighted by Crippen LogP contribution is -2.02. The van der Waals surface area contributed by atoms with Gasteiger partial charge in [-0.15, -0.1) is 0 Å². The zero-order chi connectivity index (χ0) is 10.6. The molecule has 0 spiro atoms. The van der Waals surface area contributed by atoms with E-state index < -0.39 is 7.14 Å². The smallest absolute Gasteiger partial charge is 0.120 e. The molecule has 1 aromatic carbocycles. The summed E-state index contributed by atoms with van der Waals surface area (Å²) in [5, 5.41) is 0.896. The van der Waals surface area contributed by atoms with Crippen LogP contribution in [0.25, 0.3) is 0 Å². The molecule has 0 saturated heterocycles. The summed E-state index contributed by atoms with van der Waals surface area (Å²) in [6.07, 6.45) is 2.23. The number of benzene rings is 1. The van der Waals surface area contributed by atoms with Crippen LogP contribution in [0.2, 0.25) is 0 Å². The highest BCUT2D eigenvalue weighted by Crippen LogP contribution is 2.34. The fourth-order valence-electron chi connectivity index (χ4n) is 1.25. The number of carbonyl (C=O) groups excluding carboxylic acids is 1. The summed E-state index contributed by atoms with van der Waals surface area (Å²) in [6.45, 7) is 3.51. The van der Waals surface area contributed by atoms with Gasteiger partial charge in [-0.2, -0.15) is 0 Å². The predicted octanol–water partition coefficient (Wildman–Crippen LogP) is 2.07. The lowest BCUT2D eigenvalue weighted by molar-refractivity contribution is -0.107. The highest BCUT2D eigenvalue weighted by Gasteiger charge is 2.09. The predicted molar refractivity (Wildman–Crippen MR) is 59.9 cm³/mol. The van der Waals surface area contributed by atoms with Crippen LogP contribution in [0.15, 0.2) is 24.3 Å². The van der Waals surface area contributed by atoms with Gasteiger partial charge < -0.3 is 9.36 Å². The highest BCUT2D eigenvalue weighted by molar-refractivity contribution is 7.70. The van der Waals surface area contributed by atoms with Crippen LogP contribution in [0, 0.1) is 0 Å². The van der Waals surface area contributed by atoms with Gasteiger partial charge in [0.25, 0.3) is 0 Å². The van der Waals surface area contributed by atoms with E-state index in [2.05, 4.69) is 0 Å². The molecule has 0 aliphatic carbocycles. The number of aryl methyl sites for hydroxylation is 1. The highest BCUT2D eigenvalue weighted by atomic mass is 31.2. The van der Waals surface area contributed by atoms with Crippen molar-refractivity contribution in [3.63, 3.8) is 0 Å². The number of hydrogen-bond acceptors (Lipinski definition) is 2. The van der Waals surface area contributed by atoms with Crippen molar-refractivity contribution < 1.29 is 9.36 Å². The Labute approximate surface area is 84.7 Å². The van der Waals surface area contributed by atoms with Gasteiger partial charge in [0.2, 0.25) is 0 Å².